The number of aryl methyl sites for hydroxylation is 3. The number of unbranched alkanes of at least 4 members (excludes halogenated alkanes) is 1. The minimum Gasteiger partial charge on any atom is -0.497 e. The molecule has 0 aliphatic carbocycles. The summed E-state index contributed by atoms with van der Waals surface area (Å²) in [6.45, 7) is 5.09. The molecule has 3 nitrogen and oxygen atoms in total. The van der Waals surface area contributed by atoms with Crippen LogP contribution in [0, 0.1) is 13.8 Å². The zero-order valence-corrected chi connectivity index (χ0v) is 14.8. The average molecular weight is 322 g/mol. The lowest BCUT2D eigenvalue weighted by molar-refractivity contribution is 0.415. The molecular formula is C21H26N2O. The lowest BCUT2D eigenvalue weighted by Crippen LogP contribution is -1.99. The van der Waals surface area contributed by atoms with Crippen LogP contribution in [0.15, 0.2) is 36.4 Å². The van der Waals surface area contributed by atoms with E-state index in [1.807, 2.05) is 12.1 Å². The fraction of sp³-hybridized carbons (Fsp3) is 0.333. The number of benzene rings is 2. The molecule has 2 aromatic carbocycles. The van der Waals surface area contributed by atoms with Crippen LogP contribution in [-0.4, -0.2) is 18.6 Å². The van der Waals surface area contributed by atoms with E-state index < -0.39 is 0 Å². The first-order chi connectivity index (χ1) is 11.7. The van der Waals surface area contributed by atoms with Crippen LogP contribution >= 0.6 is 0 Å². The summed E-state index contributed by atoms with van der Waals surface area (Å²) in [4.78, 5) is 3.68. The Morgan fingerprint density at radius 3 is 2.67 bits per heavy atom. The van der Waals surface area contributed by atoms with E-state index in [4.69, 9.17) is 10.5 Å². The quantitative estimate of drug-likeness (QED) is 0.644. The van der Waals surface area contributed by atoms with Crippen molar-refractivity contribution in [2.45, 2.75) is 33.1 Å². The number of H-pyrrole nitrogens is 1. The number of nitrogens with one attached hydrogen (secondary N) is 1. The summed E-state index contributed by atoms with van der Waals surface area (Å²) >= 11 is 0. The Kier molecular flexibility index (Phi) is 4.91. The zero-order chi connectivity index (χ0) is 17.1. The van der Waals surface area contributed by atoms with Gasteiger partial charge in [-0.2, -0.15) is 0 Å². The first-order valence-electron chi connectivity index (χ1n) is 8.61. The second-order valence-electron chi connectivity index (χ2n) is 6.39. The maximum atomic E-state index is 5.69. The molecule has 1 heterocycles. The molecule has 0 fully saturated rings. The fourth-order valence-corrected chi connectivity index (χ4v) is 3.29. The smallest absolute Gasteiger partial charge is 0.119 e. The van der Waals surface area contributed by atoms with Gasteiger partial charge in [0.2, 0.25) is 0 Å². The minimum absolute atomic E-state index is 0.745. The van der Waals surface area contributed by atoms with Gasteiger partial charge in [-0.3, -0.25) is 0 Å². The van der Waals surface area contributed by atoms with Crippen LogP contribution in [0.25, 0.3) is 22.2 Å². The Morgan fingerprint density at radius 1 is 1.08 bits per heavy atom. The predicted molar refractivity (Wildman–Crippen MR) is 102 cm³/mol. The van der Waals surface area contributed by atoms with Gasteiger partial charge in [-0.25, -0.2) is 0 Å². The number of ether oxygens (including phenoxy) is 1. The van der Waals surface area contributed by atoms with Gasteiger partial charge >= 0.3 is 0 Å². The highest BCUT2D eigenvalue weighted by atomic mass is 16.5. The topological polar surface area (TPSA) is 51.0 Å². The molecule has 0 aliphatic heterocycles. The third kappa shape index (κ3) is 3.04. The molecule has 0 aliphatic rings. The highest BCUT2D eigenvalue weighted by Gasteiger charge is 2.15. The third-order valence-electron chi connectivity index (χ3n) is 4.85. The van der Waals surface area contributed by atoms with E-state index in [0.29, 0.717) is 0 Å². The van der Waals surface area contributed by atoms with Gasteiger partial charge in [0, 0.05) is 22.2 Å². The molecule has 0 amide bonds. The monoisotopic (exact) mass is 322 g/mol. The van der Waals surface area contributed by atoms with Gasteiger partial charge in [-0.15, -0.1) is 0 Å². The van der Waals surface area contributed by atoms with Gasteiger partial charge in [-0.05, 0) is 68.5 Å². The molecule has 24 heavy (non-hydrogen) atoms. The van der Waals surface area contributed by atoms with Crippen molar-refractivity contribution in [2.75, 3.05) is 13.7 Å². The van der Waals surface area contributed by atoms with E-state index in [1.165, 1.54) is 38.9 Å². The van der Waals surface area contributed by atoms with Crippen molar-refractivity contribution in [3.8, 4) is 17.0 Å². The van der Waals surface area contributed by atoms with Crippen LogP contribution in [0.2, 0.25) is 0 Å². The molecule has 0 bridgehead atoms. The SMILES string of the molecule is COc1cccc(-c2[nH]c3c(C)c(C)ccc3c2CCCCN)c1. The summed E-state index contributed by atoms with van der Waals surface area (Å²) in [5.41, 5.74) is 13.3. The number of fused-ring (bicyclic) bond motifs is 1. The molecule has 3 heteroatoms. The summed E-state index contributed by atoms with van der Waals surface area (Å²) in [5.74, 6) is 0.881. The fourth-order valence-electron chi connectivity index (χ4n) is 3.29. The van der Waals surface area contributed by atoms with E-state index >= 15 is 0 Å². The first kappa shape index (κ1) is 16.6. The van der Waals surface area contributed by atoms with Gasteiger partial charge in [0.15, 0.2) is 0 Å². The summed E-state index contributed by atoms with van der Waals surface area (Å²) in [6.07, 6.45) is 3.19. The Labute approximate surface area is 143 Å². The molecule has 3 rings (SSSR count). The van der Waals surface area contributed by atoms with Crippen LogP contribution in [0.5, 0.6) is 5.75 Å². The second kappa shape index (κ2) is 7.10. The molecule has 0 saturated carbocycles. The molecule has 0 saturated heterocycles. The van der Waals surface area contributed by atoms with Crippen LogP contribution in [0.4, 0.5) is 0 Å². The lowest BCUT2D eigenvalue weighted by atomic mass is 9.98. The van der Waals surface area contributed by atoms with E-state index in [1.54, 1.807) is 7.11 Å². The molecular weight excluding hydrogens is 296 g/mol. The molecule has 126 valence electrons. The van der Waals surface area contributed by atoms with Crippen LogP contribution in [0.3, 0.4) is 0 Å². The first-order valence-corrected chi connectivity index (χ1v) is 8.61. The molecule has 3 aromatic rings. The van der Waals surface area contributed by atoms with Gasteiger partial charge < -0.3 is 15.5 Å². The lowest BCUT2D eigenvalue weighted by Gasteiger charge is -2.07. The largest absolute Gasteiger partial charge is 0.497 e. The molecule has 1 aromatic heterocycles. The normalized spacial score (nSPS) is 11.2. The molecule has 0 unspecified atom stereocenters. The summed E-state index contributed by atoms with van der Waals surface area (Å²) < 4.78 is 5.40. The van der Waals surface area contributed by atoms with E-state index in [-0.39, 0.29) is 0 Å². The van der Waals surface area contributed by atoms with Gasteiger partial charge in [0.05, 0.1) is 7.11 Å². The second-order valence-corrected chi connectivity index (χ2v) is 6.39. The number of aromatic nitrogens is 1. The number of hydrogen-bond donors (Lipinski definition) is 2. The van der Waals surface area contributed by atoms with E-state index in [9.17, 15) is 0 Å². The summed E-state index contributed by atoms with van der Waals surface area (Å²) in [7, 11) is 1.71. The Morgan fingerprint density at radius 2 is 1.92 bits per heavy atom. The number of nitrogens with two attached hydrogens (primary N) is 1. The summed E-state index contributed by atoms with van der Waals surface area (Å²) in [6, 6.07) is 12.7. The molecule has 0 spiro atoms. The highest BCUT2D eigenvalue weighted by molar-refractivity contribution is 5.93. The molecule has 0 radical (unpaired) electrons. The molecule has 0 atom stereocenters. The van der Waals surface area contributed by atoms with Gasteiger partial charge in [0.1, 0.15) is 5.75 Å². The van der Waals surface area contributed by atoms with Crippen molar-refractivity contribution in [3.05, 3.63) is 53.1 Å². The Bertz CT molecular complexity index is 848. The number of hydrogen-bond acceptors (Lipinski definition) is 2. The van der Waals surface area contributed by atoms with Crippen LogP contribution < -0.4 is 10.5 Å². The zero-order valence-electron chi connectivity index (χ0n) is 14.8. The Hall–Kier alpha value is -2.26. The van der Waals surface area contributed by atoms with E-state index in [2.05, 4.69) is 43.1 Å². The minimum atomic E-state index is 0.745. The van der Waals surface area contributed by atoms with Crippen molar-refractivity contribution >= 4 is 10.9 Å². The maximum absolute atomic E-state index is 5.69. The van der Waals surface area contributed by atoms with E-state index in [0.717, 1.165) is 31.6 Å². The number of rotatable bonds is 6. The average Bonchev–Trinajstić information content (AvgIpc) is 2.98. The van der Waals surface area contributed by atoms with Crippen molar-refractivity contribution in [1.29, 1.82) is 0 Å². The third-order valence-corrected chi connectivity index (χ3v) is 4.85. The number of methoxy groups -OCH3 is 1. The number of aromatic amines is 1. The Balaban J connectivity index is 2.17. The summed E-state index contributed by atoms with van der Waals surface area (Å²) in [5, 5.41) is 1.33. The van der Waals surface area contributed by atoms with Crippen molar-refractivity contribution in [2.24, 2.45) is 5.73 Å². The van der Waals surface area contributed by atoms with Crippen molar-refractivity contribution in [3.63, 3.8) is 0 Å². The van der Waals surface area contributed by atoms with Crippen molar-refractivity contribution in [1.82, 2.24) is 4.98 Å². The van der Waals surface area contributed by atoms with Gasteiger partial charge in [0.25, 0.3) is 0 Å². The standard InChI is InChI=1S/C21H26N2O/c1-14-10-11-19-18(9-4-5-12-22)21(23-20(19)15(14)2)16-7-6-8-17(13-16)24-3/h6-8,10-11,13,23H,4-5,9,12,22H2,1-3H3. The maximum Gasteiger partial charge on any atom is 0.119 e. The van der Waals surface area contributed by atoms with Crippen LogP contribution in [-0.2, 0) is 6.42 Å². The van der Waals surface area contributed by atoms with Gasteiger partial charge in [-0.1, -0.05) is 24.3 Å². The highest BCUT2D eigenvalue weighted by Crippen LogP contribution is 2.35. The molecule has 3 N–H and O–H groups in total. The van der Waals surface area contributed by atoms with Crippen molar-refractivity contribution < 1.29 is 4.74 Å². The predicted octanol–water partition coefficient (Wildman–Crippen LogP) is 4.74. The van der Waals surface area contributed by atoms with Crippen LogP contribution in [0.1, 0.15) is 29.5 Å².